The number of nitrogens with zero attached hydrogens (tertiary/aromatic N) is 3. The van der Waals surface area contributed by atoms with Gasteiger partial charge in [-0.15, -0.1) is 0 Å². The van der Waals surface area contributed by atoms with Gasteiger partial charge in [0.2, 0.25) is 0 Å². The lowest BCUT2D eigenvalue weighted by atomic mass is 10.2. The van der Waals surface area contributed by atoms with Crippen molar-refractivity contribution in [1.82, 2.24) is 14.3 Å². The zero-order chi connectivity index (χ0) is 16.7. The van der Waals surface area contributed by atoms with E-state index in [9.17, 15) is 9.90 Å². The van der Waals surface area contributed by atoms with Crippen LogP contribution >= 0.6 is 0 Å². The molecule has 0 unspecified atom stereocenters. The van der Waals surface area contributed by atoms with Crippen molar-refractivity contribution in [3.63, 3.8) is 0 Å². The van der Waals surface area contributed by atoms with Crippen molar-refractivity contribution in [2.75, 3.05) is 7.11 Å². The predicted molar refractivity (Wildman–Crippen MR) is 89.5 cm³/mol. The standard InChI is InChI=1S/C18H19N3O3/c1-24-15-6-4-13(5-7-15)11-21-17-14(9-19-21)8-16(18(22)23)20(17)10-12-2-3-12/h4-9,12H,2-3,10-11H2,1H3,(H,22,23). The lowest BCUT2D eigenvalue weighted by Gasteiger charge is -2.10. The molecule has 1 aromatic carbocycles. The quantitative estimate of drug-likeness (QED) is 0.756. The van der Waals surface area contributed by atoms with Crippen molar-refractivity contribution >= 4 is 17.0 Å². The van der Waals surface area contributed by atoms with E-state index in [-0.39, 0.29) is 0 Å². The second-order valence-electron chi connectivity index (χ2n) is 6.32. The average molecular weight is 325 g/mol. The van der Waals surface area contributed by atoms with Gasteiger partial charge in [-0.05, 0) is 42.5 Å². The number of methoxy groups -OCH3 is 1. The Hall–Kier alpha value is -2.76. The van der Waals surface area contributed by atoms with E-state index < -0.39 is 5.97 Å². The second kappa shape index (κ2) is 5.70. The fourth-order valence-corrected chi connectivity index (χ4v) is 3.07. The van der Waals surface area contributed by atoms with Crippen LogP contribution in [0.3, 0.4) is 0 Å². The van der Waals surface area contributed by atoms with Gasteiger partial charge in [0.1, 0.15) is 17.1 Å². The number of aromatic carboxylic acids is 1. The van der Waals surface area contributed by atoms with Crippen molar-refractivity contribution in [1.29, 1.82) is 0 Å². The van der Waals surface area contributed by atoms with Crippen LogP contribution in [0.5, 0.6) is 5.75 Å². The Labute approximate surface area is 139 Å². The minimum Gasteiger partial charge on any atom is -0.497 e. The van der Waals surface area contributed by atoms with Gasteiger partial charge in [-0.1, -0.05) is 12.1 Å². The molecule has 3 aromatic rings. The highest BCUT2D eigenvalue weighted by Crippen LogP contribution is 2.33. The fourth-order valence-electron chi connectivity index (χ4n) is 3.07. The summed E-state index contributed by atoms with van der Waals surface area (Å²) in [6.07, 6.45) is 4.09. The number of carboxylic acids is 1. The maximum Gasteiger partial charge on any atom is 0.352 e. The van der Waals surface area contributed by atoms with Gasteiger partial charge < -0.3 is 14.4 Å². The smallest absolute Gasteiger partial charge is 0.352 e. The molecule has 0 amide bonds. The van der Waals surface area contributed by atoms with E-state index in [1.54, 1.807) is 19.4 Å². The summed E-state index contributed by atoms with van der Waals surface area (Å²) >= 11 is 0. The van der Waals surface area contributed by atoms with Crippen molar-refractivity contribution in [2.24, 2.45) is 5.92 Å². The van der Waals surface area contributed by atoms with Crippen LogP contribution in [0.2, 0.25) is 0 Å². The molecule has 0 aliphatic heterocycles. The maximum absolute atomic E-state index is 11.6. The van der Waals surface area contributed by atoms with Gasteiger partial charge in [-0.3, -0.25) is 0 Å². The van der Waals surface area contributed by atoms with Crippen LogP contribution in [0.4, 0.5) is 0 Å². The van der Waals surface area contributed by atoms with Gasteiger partial charge in [0, 0.05) is 11.9 Å². The first-order chi connectivity index (χ1) is 11.7. The Bertz CT molecular complexity index is 888. The summed E-state index contributed by atoms with van der Waals surface area (Å²) in [6, 6.07) is 9.55. The Morgan fingerprint density at radius 3 is 2.71 bits per heavy atom. The molecule has 0 bridgehead atoms. The average Bonchev–Trinajstić information content (AvgIpc) is 3.20. The molecule has 0 atom stereocenters. The molecule has 0 spiro atoms. The molecule has 1 aliphatic rings. The van der Waals surface area contributed by atoms with Gasteiger partial charge in [-0.25, -0.2) is 9.48 Å². The van der Waals surface area contributed by atoms with Crippen molar-refractivity contribution < 1.29 is 14.6 Å². The van der Waals surface area contributed by atoms with Gasteiger partial charge in [0.15, 0.2) is 0 Å². The summed E-state index contributed by atoms with van der Waals surface area (Å²) in [5, 5.41) is 14.8. The molecule has 1 saturated carbocycles. The first kappa shape index (κ1) is 14.8. The van der Waals surface area contributed by atoms with Crippen LogP contribution < -0.4 is 4.74 Å². The highest BCUT2D eigenvalue weighted by Gasteiger charge is 2.26. The third-order valence-corrected chi connectivity index (χ3v) is 4.53. The number of hydrogen-bond acceptors (Lipinski definition) is 3. The molecule has 1 aliphatic carbocycles. The van der Waals surface area contributed by atoms with Crippen LogP contribution in [-0.2, 0) is 13.1 Å². The topological polar surface area (TPSA) is 69.3 Å². The minimum absolute atomic E-state index is 0.345. The summed E-state index contributed by atoms with van der Waals surface area (Å²) in [5.74, 6) is 0.514. The predicted octanol–water partition coefficient (Wildman–Crippen LogP) is 3.00. The largest absolute Gasteiger partial charge is 0.497 e. The third-order valence-electron chi connectivity index (χ3n) is 4.53. The molecule has 4 rings (SSSR count). The van der Waals surface area contributed by atoms with Crippen molar-refractivity contribution in [3.05, 3.63) is 47.8 Å². The molecule has 6 nitrogen and oxygen atoms in total. The number of aromatic nitrogens is 3. The van der Waals surface area contributed by atoms with E-state index in [1.165, 1.54) is 12.8 Å². The SMILES string of the molecule is COc1ccc(Cn2ncc3cc(C(=O)O)n(CC4CC4)c32)cc1. The normalized spacial score (nSPS) is 14.2. The lowest BCUT2D eigenvalue weighted by molar-refractivity contribution is 0.0685. The molecule has 124 valence electrons. The molecule has 1 N–H and O–H groups in total. The minimum atomic E-state index is -0.886. The summed E-state index contributed by atoms with van der Waals surface area (Å²) in [7, 11) is 1.64. The van der Waals surface area contributed by atoms with Crippen molar-refractivity contribution in [3.8, 4) is 5.75 Å². The molecule has 1 fully saturated rings. The molecule has 2 heterocycles. The number of carbonyl (C=O) groups is 1. The zero-order valence-electron chi connectivity index (χ0n) is 13.5. The van der Waals surface area contributed by atoms with Crippen LogP contribution in [0.15, 0.2) is 36.5 Å². The van der Waals surface area contributed by atoms with Crippen LogP contribution in [0, 0.1) is 5.92 Å². The molecule has 0 radical (unpaired) electrons. The number of ether oxygens (including phenoxy) is 1. The summed E-state index contributed by atoms with van der Waals surface area (Å²) in [6.45, 7) is 1.35. The number of hydrogen-bond donors (Lipinski definition) is 1. The van der Waals surface area contributed by atoms with Gasteiger partial charge in [0.25, 0.3) is 0 Å². The van der Waals surface area contributed by atoms with E-state index in [0.29, 0.717) is 18.2 Å². The van der Waals surface area contributed by atoms with E-state index in [2.05, 4.69) is 5.10 Å². The Balaban J connectivity index is 1.72. The lowest BCUT2D eigenvalue weighted by Crippen LogP contribution is -2.13. The molecule has 24 heavy (non-hydrogen) atoms. The highest BCUT2D eigenvalue weighted by molar-refractivity contribution is 5.93. The summed E-state index contributed by atoms with van der Waals surface area (Å²) in [5.41, 5.74) is 2.32. The Kier molecular flexibility index (Phi) is 3.52. The number of benzene rings is 1. The maximum atomic E-state index is 11.6. The summed E-state index contributed by atoms with van der Waals surface area (Å²) < 4.78 is 8.97. The molecular formula is C18H19N3O3. The van der Waals surface area contributed by atoms with Crippen LogP contribution in [0.1, 0.15) is 28.9 Å². The number of carboxylic acid groups (broad SMARTS) is 1. The molecule has 6 heteroatoms. The van der Waals surface area contributed by atoms with Crippen LogP contribution in [0.25, 0.3) is 11.0 Å². The monoisotopic (exact) mass is 325 g/mol. The van der Waals surface area contributed by atoms with E-state index in [0.717, 1.165) is 28.9 Å². The number of fused-ring (bicyclic) bond motifs is 1. The second-order valence-corrected chi connectivity index (χ2v) is 6.32. The zero-order valence-corrected chi connectivity index (χ0v) is 13.5. The van der Waals surface area contributed by atoms with Gasteiger partial charge >= 0.3 is 5.97 Å². The van der Waals surface area contributed by atoms with Gasteiger partial charge in [0.05, 0.1) is 19.9 Å². The van der Waals surface area contributed by atoms with E-state index in [4.69, 9.17) is 4.74 Å². The Morgan fingerprint density at radius 1 is 1.33 bits per heavy atom. The number of rotatable bonds is 6. The first-order valence-corrected chi connectivity index (χ1v) is 8.07. The van der Waals surface area contributed by atoms with Crippen LogP contribution in [-0.4, -0.2) is 32.5 Å². The van der Waals surface area contributed by atoms with Gasteiger partial charge in [-0.2, -0.15) is 5.10 Å². The van der Waals surface area contributed by atoms with E-state index >= 15 is 0 Å². The molecular weight excluding hydrogens is 306 g/mol. The highest BCUT2D eigenvalue weighted by atomic mass is 16.5. The van der Waals surface area contributed by atoms with Crippen molar-refractivity contribution in [2.45, 2.75) is 25.9 Å². The Morgan fingerprint density at radius 2 is 2.08 bits per heavy atom. The summed E-state index contributed by atoms with van der Waals surface area (Å²) in [4.78, 5) is 11.6. The molecule has 0 saturated heterocycles. The first-order valence-electron chi connectivity index (χ1n) is 8.07. The fraction of sp³-hybridized carbons (Fsp3) is 0.333. The van der Waals surface area contributed by atoms with E-state index in [1.807, 2.05) is 33.5 Å². The third kappa shape index (κ3) is 2.64. The molecule has 2 aromatic heterocycles.